The van der Waals surface area contributed by atoms with Gasteiger partial charge in [-0.05, 0) is 73.8 Å². The molecule has 258 valence electrons. The average molecular weight is 702 g/mol. The van der Waals surface area contributed by atoms with Crippen molar-refractivity contribution in [2.24, 2.45) is 0 Å². The molecule has 0 radical (unpaired) electrons. The Morgan fingerprint density at radius 3 is 1.53 bits per heavy atom. The smallest absolute Gasteiger partial charge is 0.160 e. The van der Waals surface area contributed by atoms with Gasteiger partial charge < -0.3 is 0 Å². The van der Waals surface area contributed by atoms with Gasteiger partial charge in [-0.15, -0.1) is 0 Å². The minimum atomic E-state index is -0.441. The van der Waals surface area contributed by atoms with Gasteiger partial charge in [0.15, 0.2) is 5.82 Å². The highest BCUT2D eigenvalue weighted by atomic mass is 14.9. The molecule has 7 aromatic carbocycles. The summed E-state index contributed by atoms with van der Waals surface area (Å²) in [7, 11) is 0. The zero-order chi connectivity index (χ0) is 36.6. The van der Waals surface area contributed by atoms with E-state index in [4.69, 9.17) is 9.97 Å². The maximum absolute atomic E-state index is 5.15. The Morgan fingerprint density at radius 1 is 0.345 bits per heavy atom. The van der Waals surface area contributed by atoms with Crippen LogP contribution in [0.4, 0.5) is 0 Å². The number of hydrogen-bond acceptors (Lipinski definition) is 3. The highest BCUT2D eigenvalue weighted by molar-refractivity contribution is 5.95. The average Bonchev–Trinajstić information content (AvgIpc) is 3.59. The first kappa shape index (κ1) is 32.4. The third-order valence-electron chi connectivity index (χ3n) is 10.9. The van der Waals surface area contributed by atoms with Crippen LogP contribution in [0.15, 0.2) is 213 Å². The van der Waals surface area contributed by atoms with E-state index in [9.17, 15) is 0 Å². The van der Waals surface area contributed by atoms with Gasteiger partial charge in [0, 0.05) is 29.1 Å². The van der Waals surface area contributed by atoms with E-state index in [0.717, 1.165) is 39.2 Å². The van der Waals surface area contributed by atoms with Gasteiger partial charge in [-0.1, -0.05) is 182 Å². The van der Waals surface area contributed by atoms with Gasteiger partial charge in [0.1, 0.15) is 0 Å². The van der Waals surface area contributed by atoms with Crippen molar-refractivity contribution in [3.05, 3.63) is 235 Å². The van der Waals surface area contributed by atoms with Gasteiger partial charge in [0.25, 0.3) is 0 Å². The Kier molecular flexibility index (Phi) is 8.04. The van der Waals surface area contributed by atoms with E-state index in [1.165, 1.54) is 44.5 Å². The molecule has 1 aliphatic carbocycles. The Labute approximate surface area is 321 Å². The minimum absolute atomic E-state index is 0.441. The molecule has 0 unspecified atom stereocenters. The monoisotopic (exact) mass is 701 g/mol. The second-order valence-electron chi connectivity index (χ2n) is 14.0. The fourth-order valence-corrected chi connectivity index (χ4v) is 8.38. The number of nitrogens with zero attached hydrogens (tertiary/aromatic N) is 3. The van der Waals surface area contributed by atoms with Crippen molar-refractivity contribution in [3.63, 3.8) is 0 Å². The molecule has 55 heavy (non-hydrogen) atoms. The highest BCUT2D eigenvalue weighted by Crippen LogP contribution is 2.58. The van der Waals surface area contributed by atoms with Crippen molar-refractivity contribution in [2.75, 3.05) is 0 Å². The Balaban J connectivity index is 1.09. The van der Waals surface area contributed by atoms with Crippen molar-refractivity contribution in [1.82, 2.24) is 15.0 Å². The molecule has 10 rings (SSSR count). The van der Waals surface area contributed by atoms with E-state index in [1.54, 1.807) is 6.20 Å². The Morgan fingerprint density at radius 2 is 0.855 bits per heavy atom. The highest BCUT2D eigenvalue weighted by Gasteiger charge is 2.46. The molecule has 9 aromatic rings. The van der Waals surface area contributed by atoms with Crippen LogP contribution >= 0.6 is 0 Å². The zero-order valence-corrected chi connectivity index (χ0v) is 30.0. The summed E-state index contributed by atoms with van der Waals surface area (Å²) in [6, 6.07) is 71.5. The summed E-state index contributed by atoms with van der Waals surface area (Å²) in [4.78, 5) is 14.6. The minimum Gasteiger partial charge on any atom is -0.264 e. The Hall–Kier alpha value is -7.23. The summed E-state index contributed by atoms with van der Waals surface area (Å²) in [5.74, 6) is 0.677. The lowest BCUT2D eigenvalue weighted by atomic mass is 9.67. The molecule has 1 aliphatic rings. The molecule has 2 heterocycles. The van der Waals surface area contributed by atoms with E-state index >= 15 is 0 Å². The van der Waals surface area contributed by atoms with Crippen LogP contribution in [0.1, 0.15) is 22.3 Å². The first-order chi connectivity index (χ1) is 27.3. The summed E-state index contributed by atoms with van der Waals surface area (Å²) in [5.41, 5.74) is 16.6. The van der Waals surface area contributed by atoms with Crippen molar-refractivity contribution in [2.45, 2.75) is 5.41 Å². The standard InChI is InChI=1S/C52H35N3/c1-4-14-36(15-5-1)37-25-31-40(32-26-37)51-54-48(34-49(55-51)41-16-13-33-53-35-41)39-29-27-38(28-30-39)44-22-12-24-47-50(44)45-21-10-11-23-46(45)52(47,42-17-6-2-7-18-42)43-19-8-3-9-20-43/h1-35H. The van der Waals surface area contributed by atoms with Crippen molar-refractivity contribution in [3.8, 4) is 67.3 Å². The number of fused-ring (bicyclic) bond motifs is 3. The van der Waals surface area contributed by atoms with Crippen LogP contribution in [0.3, 0.4) is 0 Å². The lowest BCUT2D eigenvalue weighted by Crippen LogP contribution is -2.28. The lowest BCUT2D eigenvalue weighted by molar-refractivity contribution is 0.768. The van der Waals surface area contributed by atoms with Crippen LogP contribution in [0, 0.1) is 0 Å². The number of benzene rings is 7. The van der Waals surface area contributed by atoms with Crippen LogP contribution in [-0.2, 0) is 5.41 Å². The maximum atomic E-state index is 5.15. The van der Waals surface area contributed by atoms with Crippen molar-refractivity contribution in [1.29, 1.82) is 0 Å². The van der Waals surface area contributed by atoms with Gasteiger partial charge in [0.05, 0.1) is 16.8 Å². The van der Waals surface area contributed by atoms with Gasteiger partial charge >= 0.3 is 0 Å². The molecule has 2 aromatic heterocycles. The summed E-state index contributed by atoms with van der Waals surface area (Å²) >= 11 is 0. The van der Waals surface area contributed by atoms with E-state index in [2.05, 4.69) is 187 Å². The first-order valence-corrected chi connectivity index (χ1v) is 18.7. The fourth-order valence-electron chi connectivity index (χ4n) is 8.38. The quantitative estimate of drug-likeness (QED) is 0.166. The van der Waals surface area contributed by atoms with Crippen LogP contribution in [0.2, 0.25) is 0 Å². The molecule has 0 saturated heterocycles. The van der Waals surface area contributed by atoms with Crippen LogP contribution in [-0.4, -0.2) is 15.0 Å². The molecule has 0 saturated carbocycles. The van der Waals surface area contributed by atoms with Gasteiger partial charge in [0.2, 0.25) is 0 Å². The molecule has 0 aliphatic heterocycles. The second kappa shape index (κ2) is 13.6. The second-order valence-corrected chi connectivity index (χ2v) is 14.0. The van der Waals surface area contributed by atoms with E-state index in [1.807, 2.05) is 24.4 Å². The SMILES string of the molecule is c1ccc(-c2ccc(-c3nc(-c4ccc(-c5cccc6c5-c5ccccc5C6(c5ccccc5)c5ccccc5)cc4)cc(-c4cccnc4)n3)cc2)cc1. The van der Waals surface area contributed by atoms with E-state index in [-0.39, 0.29) is 0 Å². The number of aromatic nitrogens is 3. The third-order valence-corrected chi connectivity index (χ3v) is 10.9. The molecule has 0 bridgehead atoms. The van der Waals surface area contributed by atoms with Gasteiger partial charge in [-0.3, -0.25) is 4.98 Å². The largest absolute Gasteiger partial charge is 0.264 e. The number of pyridine rings is 1. The predicted octanol–water partition coefficient (Wildman–Crippen LogP) is 12.6. The number of rotatable bonds is 7. The molecule has 0 fully saturated rings. The van der Waals surface area contributed by atoms with Crippen LogP contribution in [0.25, 0.3) is 67.3 Å². The van der Waals surface area contributed by atoms with Gasteiger partial charge in [-0.2, -0.15) is 0 Å². The summed E-state index contributed by atoms with van der Waals surface area (Å²) < 4.78 is 0. The van der Waals surface area contributed by atoms with E-state index in [0.29, 0.717) is 5.82 Å². The fraction of sp³-hybridized carbons (Fsp3) is 0.0192. The molecule has 0 atom stereocenters. The molecule has 3 heteroatoms. The predicted molar refractivity (Wildman–Crippen MR) is 224 cm³/mol. The molecule has 3 nitrogen and oxygen atoms in total. The normalized spacial score (nSPS) is 12.5. The summed E-state index contributed by atoms with van der Waals surface area (Å²) in [5, 5.41) is 0. The number of hydrogen-bond donors (Lipinski definition) is 0. The molecular formula is C52H35N3. The topological polar surface area (TPSA) is 38.7 Å². The summed E-state index contributed by atoms with van der Waals surface area (Å²) in [6.07, 6.45) is 3.65. The summed E-state index contributed by atoms with van der Waals surface area (Å²) in [6.45, 7) is 0. The van der Waals surface area contributed by atoms with Crippen molar-refractivity contribution >= 4 is 0 Å². The first-order valence-electron chi connectivity index (χ1n) is 18.7. The van der Waals surface area contributed by atoms with Crippen LogP contribution < -0.4 is 0 Å². The molecule has 0 spiro atoms. The maximum Gasteiger partial charge on any atom is 0.160 e. The molecule has 0 amide bonds. The van der Waals surface area contributed by atoms with E-state index < -0.39 is 5.41 Å². The zero-order valence-electron chi connectivity index (χ0n) is 30.0. The van der Waals surface area contributed by atoms with Crippen molar-refractivity contribution < 1.29 is 0 Å². The van der Waals surface area contributed by atoms with Crippen LogP contribution in [0.5, 0.6) is 0 Å². The lowest BCUT2D eigenvalue weighted by Gasteiger charge is -2.34. The molecular weight excluding hydrogens is 667 g/mol. The third kappa shape index (κ3) is 5.57. The Bertz CT molecular complexity index is 2720. The molecule has 0 N–H and O–H groups in total. The van der Waals surface area contributed by atoms with Gasteiger partial charge in [-0.25, -0.2) is 9.97 Å².